The maximum atomic E-state index is 6.33. The van der Waals surface area contributed by atoms with Gasteiger partial charge in [0.05, 0.1) is 0 Å². The fourth-order valence-electron chi connectivity index (χ4n) is 1.72. The largest absolute Gasteiger partial charge is 0.118 e. The second-order valence-electron chi connectivity index (χ2n) is 4.02. The van der Waals surface area contributed by atoms with E-state index in [0.29, 0.717) is 0 Å². The van der Waals surface area contributed by atoms with Crippen molar-refractivity contribution < 1.29 is 20.4 Å². The molecule has 1 aromatic heterocycles. The summed E-state index contributed by atoms with van der Waals surface area (Å²) in [5, 5.41) is 2.97. The molecule has 0 N–H and O–H groups in total. The third-order valence-corrected chi connectivity index (χ3v) is 42.2. The smallest absolute Gasteiger partial charge is 0.0810 e. The molecule has 0 amide bonds. The molecule has 0 saturated carbocycles. The second kappa shape index (κ2) is 9.38. The molecular weight excluding hydrogens is 507 g/mol. The van der Waals surface area contributed by atoms with Gasteiger partial charge in [0.15, 0.2) is 0 Å². The molecule has 0 bridgehead atoms. The quantitative estimate of drug-likeness (QED) is 0.234. The SMILES string of the molecule is ClP(Cl)P(Pp1[pH]p1-c1ccccc1)c1ccccc1.[Pd]. The zero-order chi connectivity index (χ0) is 13.9. The summed E-state index contributed by atoms with van der Waals surface area (Å²) in [6.45, 7) is 0.368. The van der Waals surface area contributed by atoms with E-state index in [1.165, 1.54) is 12.9 Å². The van der Waals surface area contributed by atoms with Crippen LogP contribution in [0.15, 0.2) is 60.7 Å². The number of hydrogen-bond donors (Lipinski definition) is 0. The predicted octanol–water partition coefficient (Wildman–Crippen LogP) is 8.55. The van der Waals surface area contributed by atoms with Crippen LogP contribution in [0, 0.1) is 0 Å². The van der Waals surface area contributed by atoms with Gasteiger partial charge in [0, 0.05) is 33.0 Å². The van der Waals surface area contributed by atoms with E-state index in [0.717, 1.165) is 7.96 Å². The van der Waals surface area contributed by atoms with E-state index in [-0.39, 0.29) is 41.2 Å². The van der Waals surface area contributed by atoms with Crippen LogP contribution < -0.4 is 5.30 Å². The van der Waals surface area contributed by atoms with Crippen molar-refractivity contribution in [1.29, 1.82) is 0 Å². The monoisotopic (exact) mass is 518 g/mol. The van der Waals surface area contributed by atoms with Crippen LogP contribution in [-0.2, 0) is 20.4 Å². The summed E-state index contributed by atoms with van der Waals surface area (Å²) in [4.78, 5) is 0. The Bertz CT molecular complexity index is 648. The summed E-state index contributed by atoms with van der Waals surface area (Å²) < 4.78 is 0. The van der Waals surface area contributed by atoms with E-state index >= 15 is 0 Å². The molecule has 0 aliphatic rings. The van der Waals surface area contributed by atoms with E-state index in [2.05, 4.69) is 60.7 Å². The normalized spacial score (nSPS) is 15.0. The Balaban J connectivity index is 0.00000161. The van der Waals surface area contributed by atoms with Crippen LogP contribution >= 0.6 is 65.1 Å². The number of rotatable bonds is 5. The zero-order valence-corrected chi connectivity index (χ0v) is 19.3. The molecule has 0 nitrogen and oxygen atoms in total. The Labute approximate surface area is 155 Å². The van der Waals surface area contributed by atoms with Gasteiger partial charge in [-0.05, 0) is 26.7 Å². The average Bonchev–Trinajstić information content (AvgIpc) is 3.26. The van der Waals surface area contributed by atoms with Crippen LogP contribution in [0.1, 0.15) is 0 Å². The van der Waals surface area contributed by atoms with Gasteiger partial charge < -0.3 is 0 Å². The molecule has 5 unspecified atom stereocenters. The van der Waals surface area contributed by atoms with Crippen molar-refractivity contribution in [3.63, 3.8) is 0 Å². The molecule has 3 aromatic rings. The number of benzene rings is 2. The number of hydrogen-bond acceptors (Lipinski definition) is 0. The van der Waals surface area contributed by atoms with Gasteiger partial charge in [-0.2, -0.15) is 0 Å². The molecule has 9 heteroatoms. The molecule has 0 aliphatic carbocycles. The zero-order valence-electron chi connectivity index (χ0n) is 10.6. The minimum atomic E-state index is -0.868. The van der Waals surface area contributed by atoms with Gasteiger partial charge in [0.25, 0.3) is 0 Å². The van der Waals surface area contributed by atoms with E-state index in [1.807, 2.05) is 0 Å². The van der Waals surface area contributed by atoms with Gasteiger partial charge in [0.1, 0.15) is 6.32 Å². The maximum Gasteiger partial charge on any atom is 0.118 e. The fourth-order valence-corrected chi connectivity index (χ4v) is 56.6. The van der Waals surface area contributed by atoms with Crippen LogP contribution in [0.4, 0.5) is 0 Å². The van der Waals surface area contributed by atoms with Gasteiger partial charge in [-0.15, -0.1) is 0 Å². The van der Waals surface area contributed by atoms with Crippen molar-refractivity contribution in [3.05, 3.63) is 60.7 Å². The standard InChI is InChI=1S/C12H12Cl2P6.Pd/c13-19(14)17(11-7-3-1-4-8-11)15-20-16-18(20)12-9-5-2-6-10-12;/h1-10,15-16H;. The molecular formula is C12H12Cl2P6Pd. The Morgan fingerprint density at radius 3 is 2.05 bits per heavy atom. The summed E-state index contributed by atoms with van der Waals surface area (Å²) in [7, 11) is 1.83. The first-order valence-corrected chi connectivity index (χ1v) is 19.9. The predicted molar refractivity (Wildman–Crippen MR) is 108 cm³/mol. The van der Waals surface area contributed by atoms with Crippen molar-refractivity contribution in [3.8, 4) is 5.30 Å². The van der Waals surface area contributed by atoms with E-state index in [9.17, 15) is 0 Å². The van der Waals surface area contributed by atoms with Crippen molar-refractivity contribution in [2.45, 2.75) is 0 Å². The van der Waals surface area contributed by atoms with E-state index < -0.39 is 6.32 Å². The Morgan fingerprint density at radius 2 is 1.48 bits per heavy atom. The molecule has 21 heavy (non-hydrogen) atoms. The summed E-state index contributed by atoms with van der Waals surface area (Å²) in [6.07, 6.45) is -0.868. The fraction of sp³-hybridized carbons (Fsp3) is 0. The van der Waals surface area contributed by atoms with Crippen LogP contribution in [-0.4, -0.2) is 0 Å². The molecule has 0 radical (unpaired) electrons. The van der Waals surface area contributed by atoms with Gasteiger partial charge in [-0.3, -0.25) is 0 Å². The van der Waals surface area contributed by atoms with Crippen molar-refractivity contribution in [2.24, 2.45) is 0 Å². The molecule has 1 heterocycles. The summed E-state index contributed by atoms with van der Waals surface area (Å²) >= 11 is 12.7. The minimum Gasteiger partial charge on any atom is -0.0810 e. The van der Waals surface area contributed by atoms with E-state index in [1.54, 1.807) is 5.30 Å². The third kappa shape index (κ3) is 5.43. The summed E-state index contributed by atoms with van der Waals surface area (Å²) in [5.41, 5.74) is 0. The minimum absolute atomic E-state index is 0. The van der Waals surface area contributed by atoms with Crippen molar-refractivity contribution >= 4 is 70.4 Å². The van der Waals surface area contributed by atoms with Gasteiger partial charge >= 0.3 is 0 Å². The summed E-state index contributed by atoms with van der Waals surface area (Å²) in [6, 6.07) is 21.7. The Hall–Kier alpha value is 1.87. The van der Waals surface area contributed by atoms with Crippen LogP contribution in [0.5, 0.6) is 0 Å². The van der Waals surface area contributed by atoms with E-state index in [4.69, 9.17) is 22.5 Å². The molecule has 0 fully saturated rings. The molecule has 0 aliphatic heterocycles. The van der Waals surface area contributed by atoms with Gasteiger partial charge in [-0.25, -0.2) is 0 Å². The molecule has 0 spiro atoms. The first kappa shape index (κ1) is 19.2. The van der Waals surface area contributed by atoms with Crippen molar-refractivity contribution in [1.82, 2.24) is 0 Å². The summed E-state index contributed by atoms with van der Waals surface area (Å²) in [5.74, 6) is 0. The Morgan fingerprint density at radius 1 is 0.905 bits per heavy atom. The Kier molecular flexibility index (Phi) is 8.58. The maximum absolute atomic E-state index is 6.33. The number of halogens is 2. The topological polar surface area (TPSA) is 0 Å². The molecule has 2 aromatic carbocycles. The van der Waals surface area contributed by atoms with Gasteiger partial charge in [0.2, 0.25) is 0 Å². The molecule has 5 atom stereocenters. The molecule has 3 rings (SSSR count). The van der Waals surface area contributed by atoms with Crippen LogP contribution in [0.25, 0.3) is 5.30 Å². The molecule has 114 valence electrons. The third-order valence-electron chi connectivity index (χ3n) is 2.69. The van der Waals surface area contributed by atoms with Crippen LogP contribution in [0.3, 0.4) is 0 Å². The average molecular weight is 519 g/mol. The van der Waals surface area contributed by atoms with Crippen LogP contribution in [0.2, 0.25) is 0 Å². The first-order chi connectivity index (χ1) is 9.75. The first-order valence-electron chi connectivity index (χ1n) is 5.90. The van der Waals surface area contributed by atoms with Gasteiger partial charge in [-0.1, -0.05) is 90.7 Å². The molecule has 0 saturated heterocycles. The van der Waals surface area contributed by atoms with Crippen molar-refractivity contribution in [2.75, 3.05) is 0 Å². The second-order valence-corrected chi connectivity index (χ2v) is 32.5.